The number of nitrogens with two attached hydrogens (primary N) is 1. The number of rotatable bonds is 6. The van der Waals surface area contributed by atoms with Gasteiger partial charge in [-0.2, -0.15) is 5.10 Å². The van der Waals surface area contributed by atoms with Gasteiger partial charge in [-0.05, 0) is 69.5 Å². The molecule has 2 atom stereocenters. The van der Waals surface area contributed by atoms with Crippen molar-refractivity contribution < 1.29 is 9.53 Å². The highest BCUT2D eigenvalue weighted by molar-refractivity contribution is 5.76. The Morgan fingerprint density at radius 2 is 1.90 bits per heavy atom. The van der Waals surface area contributed by atoms with Gasteiger partial charge in [-0.25, -0.2) is 9.78 Å². The molecule has 2 aliphatic heterocycles. The lowest BCUT2D eigenvalue weighted by Crippen LogP contribution is -2.48. The summed E-state index contributed by atoms with van der Waals surface area (Å²) in [6.45, 7) is 8.16. The third-order valence-corrected chi connectivity index (χ3v) is 8.22. The standard InChI is InChI=1S/C30H34N8O2/c1-20(21-5-4-10-33-17-21)40-25-15-22(18-34-27(25)31)24-16-26-30(9-14-38(26)36-24)8-13-37(19-30)28(39)35-29(2,3)23-6-11-32-12-7-23/h4-7,10-12,15-18,20H,8-9,13-14,19H2,1-3H3,(H2,31,34)(H,35,39). The SMILES string of the molecule is CC(Oc1cc(-c2cc3n(n2)CCC32CCN(C(=O)NC(C)(C)c3ccncc3)C2)cnc1N)c1cccnc1. The first-order chi connectivity index (χ1) is 19.2. The van der Waals surface area contributed by atoms with Gasteiger partial charge in [0.15, 0.2) is 11.6 Å². The fourth-order valence-electron chi connectivity index (χ4n) is 5.81. The molecule has 10 heteroatoms. The highest BCUT2D eigenvalue weighted by Gasteiger charge is 2.47. The smallest absolute Gasteiger partial charge is 0.318 e. The molecule has 10 nitrogen and oxygen atoms in total. The van der Waals surface area contributed by atoms with Crippen molar-refractivity contribution in [1.82, 2.24) is 34.9 Å². The minimum atomic E-state index is -0.503. The molecular formula is C30H34N8O2. The number of aromatic nitrogens is 5. The van der Waals surface area contributed by atoms with Gasteiger partial charge in [-0.15, -0.1) is 0 Å². The number of likely N-dealkylation sites (tertiary alicyclic amines) is 1. The number of urea groups is 1. The van der Waals surface area contributed by atoms with Crippen molar-refractivity contribution in [1.29, 1.82) is 0 Å². The van der Waals surface area contributed by atoms with E-state index in [1.165, 1.54) is 0 Å². The summed E-state index contributed by atoms with van der Waals surface area (Å²) in [7, 11) is 0. The van der Waals surface area contributed by atoms with Crippen LogP contribution in [0.5, 0.6) is 5.75 Å². The quantitative estimate of drug-likeness (QED) is 0.372. The molecule has 2 unspecified atom stereocenters. The highest BCUT2D eigenvalue weighted by atomic mass is 16.5. The maximum Gasteiger partial charge on any atom is 0.318 e. The molecular weight excluding hydrogens is 504 g/mol. The fourth-order valence-corrected chi connectivity index (χ4v) is 5.81. The largest absolute Gasteiger partial charge is 0.482 e. The van der Waals surface area contributed by atoms with Gasteiger partial charge >= 0.3 is 6.03 Å². The second-order valence-electron chi connectivity index (χ2n) is 11.3. The number of ether oxygens (including phenoxy) is 1. The molecule has 0 saturated carbocycles. The number of aryl methyl sites for hydroxylation is 1. The molecule has 1 fully saturated rings. The van der Waals surface area contributed by atoms with Crippen molar-refractivity contribution >= 4 is 11.8 Å². The van der Waals surface area contributed by atoms with Crippen molar-refractivity contribution in [3.05, 3.63) is 84.2 Å². The predicted octanol–water partition coefficient (Wildman–Crippen LogP) is 4.45. The van der Waals surface area contributed by atoms with E-state index in [1.54, 1.807) is 31.0 Å². The lowest BCUT2D eigenvalue weighted by Gasteiger charge is -2.30. The second-order valence-corrected chi connectivity index (χ2v) is 11.3. The molecule has 6 rings (SSSR count). The third kappa shape index (κ3) is 4.74. The number of nitrogens with zero attached hydrogens (tertiary/aromatic N) is 6. The molecule has 40 heavy (non-hydrogen) atoms. The molecule has 1 saturated heterocycles. The first-order valence-electron chi connectivity index (χ1n) is 13.6. The molecule has 2 amide bonds. The summed E-state index contributed by atoms with van der Waals surface area (Å²) in [4.78, 5) is 27.9. The van der Waals surface area contributed by atoms with Crippen LogP contribution in [0.1, 0.15) is 56.5 Å². The summed E-state index contributed by atoms with van der Waals surface area (Å²) >= 11 is 0. The van der Waals surface area contributed by atoms with Gasteiger partial charge in [-0.1, -0.05) is 6.07 Å². The minimum Gasteiger partial charge on any atom is -0.482 e. The Balaban J connectivity index is 1.18. The predicted molar refractivity (Wildman–Crippen MR) is 151 cm³/mol. The molecule has 0 radical (unpaired) electrons. The van der Waals surface area contributed by atoms with E-state index in [-0.39, 0.29) is 17.6 Å². The van der Waals surface area contributed by atoms with Crippen molar-refractivity contribution in [3.63, 3.8) is 0 Å². The molecule has 4 aromatic rings. The highest BCUT2D eigenvalue weighted by Crippen LogP contribution is 2.44. The Kier molecular flexibility index (Phi) is 6.40. The van der Waals surface area contributed by atoms with Gasteiger partial charge in [0.1, 0.15) is 6.10 Å². The average molecular weight is 539 g/mol. The van der Waals surface area contributed by atoms with Crippen molar-refractivity contribution in [3.8, 4) is 17.0 Å². The van der Waals surface area contributed by atoms with Crippen molar-refractivity contribution in [2.75, 3.05) is 18.8 Å². The van der Waals surface area contributed by atoms with Crippen LogP contribution in [0.4, 0.5) is 10.6 Å². The number of pyridine rings is 3. The average Bonchev–Trinajstić information content (AvgIpc) is 3.67. The number of hydrogen-bond donors (Lipinski definition) is 2. The Morgan fingerprint density at radius 1 is 1.10 bits per heavy atom. The van der Waals surface area contributed by atoms with Gasteiger partial charge < -0.3 is 20.7 Å². The molecule has 6 heterocycles. The van der Waals surface area contributed by atoms with Gasteiger partial charge in [0.25, 0.3) is 0 Å². The van der Waals surface area contributed by atoms with Crippen LogP contribution in [-0.4, -0.2) is 48.8 Å². The van der Waals surface area contributed by atoms with Crippen LogP contribution >= 0.6 is 0 Å². The first-order valence-corrected chi connectivity index (χ1v) is 13.6. The van der Waals surface area contributed by atoms with Crippen LogP contribution in [-0.2, 0) is 17.5 Å². The van der Waals surface area contributed by atoms with E-state index in [9.17, 15) is 4.79 Å². The number of carbonyl (C=O) groups is 1. The molecule has 2 aliphatic rings. The van der Waals surface area contributed by atoms with Crippen LogP contribution in [0.3, 0.4) is 0 Å². The summed E-state index contributed by atoms with van der Waals surface area (Å²) in [5, 5.41) is 8.12. The van der Waals surface area contributed by atoms with E-state index < -0.39 is 5.54 Å². The zero-order valence-corrected chi connectivity index (χ0v) is 23.0. The van der Waals surface area contributed by atoms with E-state index in [0.29, 0.717) is 24.7 Å². The number of nitrogen functional groups attached to an aromatic ring is 1. The Morgan fingerprint density at radius 3 is 2.67 bits per heavy atom. The van der Waals surface area contributed by atoms with Crippen LogP contribution in [0, 0.1) is 0 Å². The van der Waals surface area contributed by atoms with E-state index in [1.807, 2.05) is 56.0 Å². The van der Waals surface area contributed by atoms with Crippen molar-refractivity contribution in [2.45, 2.75) is 57.2 Å². The molecule has 3 N–H and O–H groups in total. The maximum atomic E-state index is 13.3. The van der Waals surface area contributed by atoms with E-state index in [2.05, 4.69) is 31.0 Å². The van der Waals surface area contributed by atoms with E-state index in [0.717, 1.165) is 47.5 Å². The fraction of sp³-hybridized carbons (Fsp3) is 0.367. The summed E-state index contributed by atoms with van der Waals surface area (Å²) < 4.78 is 8.24. The molecule has 4 aromatic heterocycles. The zero-order chi connectivity index (χ0) is 27.9. The summed E-state index contributed by atoms with van der Waals surface area (Å²) in [5.41, 5.74) is 10.3. The Hall–Kier alpha value is -4.47. The van der Waals surface area contributed by atoms with E-state index >= 15 is 0 Å². The first kappa shape index (κ1) is 25.8. The molecule has 1 spiro atoms. The number of hydrogen-bond acceptors (Lipinski definition) is 7. The maximum absolute atomic E-state index is 13.3. The molecule has 0 aliphatic carbocycles. The lowest BCUT2D eigenvalue weighted by atomic mass is 9.82. The van der Waals surface area contributed by atoms with Crippen LogP contribution in [0.2, 0.25) is 0 Å². The third-order valence-electron chi connectivity index (χ3n) is 8.22. The van der Waals surface area contributed by atoms with Gasteiger partial charge in [-0.3, -0.25) is 14.6 Å². The normalized spacial score (nSPS) is 19.0. The zero-order valence-electron chi connectivity index (χ0n) is 23.0. The summed E-state index contributed by atoms with van der Waals surface area (Å²) in [6.07, 6.45) is 10.4. The van der Waals surface area contributed by atoms with Crippen LogP contribution < -0.4 is 15.8 Å². The monoisotopic (exact) mass is 538 g/mol. The second kappa shape index (κ2) is 9.93. The lowest BCUT2D eigenvalue weighted by molar-refractivity contribution is 0.194. The molecule has 206 valence electrons. The molecule has 0 bridgehead atoms. The summed E-state index contributed by atoms with van der Waals surface area (Å²) in [5.74, 6) is 0.840. The number of amides is 2. The number of fused-ring (bicyclic) bond motifs is 2. The van der Waals surface area contributed by atoms with Crippen molar-refractivity contribution in [2.24, 2.45) is 0 Å². The van der Waals surface area contributed by atoms with Gasteiger partial charge in [0.2, 0.25) is 0 Å². The summed E-state index contributed by atoms with van der Waals surface area (Å²) in [6, 6.07) is 11.7. The van der Waals surface area contributed by atoms with Crippen LogP contribution in [0.15, 0.2) is 67.4 Å². The number of carbonyl (C=O) groups excluding carboxylic acids is 1. The topological polar surface area (TPSA) is 124 Å². The Bertz CT molecular complexity index is 1520. The van der Waals surface area contributed by atoms with Gasteiger partial charge in [0, 0.05) is 72.9 Å². The number of nitrogens with one attached hydrogen (secondary N) is 1. The van der Waals surface area contributed by atoms with Gasteiger partial charge in [0.05, 0.1) is 11.2 Å². The molecule has 0 aromatic carbocycles. The Labute approximate surface area is 233 Å². The minimum absolute atomic E-state index is 0.0517. The number of anilines is 1. The van der Waals surface area contributed by atoms with E-state index in [4.69, 9.17) is 15.6 Å². The van der Waals surface area contributed by atoms with Crippen LogP contribution in [0.25, 0.3) is 11.3 Å².